The minimum absolute atomic E-state index is 0.648. The van der Waals surface area contributed by atoms with Crippen LogP contribution < -0.4 is 5.32 Å². The molecule has 2 heteroatoms. The van der Waals surface area contributed by atoms with Gasteiger partial charge in [-0.25, -0.2) is 0 Å². The first-order valence-corrected chi connectivity index (χ1v) is 6.66. The first-order chi connectivity index (χ1) is 7.25. The summed E-state index contributed by atoms with van der Waals surface area (Å²) < 4.78 is 0. The molecule has 15 heavy (non-hydrogen) atoms. The summed E-state index contributed by atoms with van der Waals surface area (Å²) in [6.45, 7) is 4.48. The Balaban J connectivity index is 2.06. The molecule has 1 aromatic rings. The highest BCUT2D eigenvalue weighted by Gasteiger charge is 2.18. The molecular formula is C13H19NS. The molecule has 0 spiro atoms. The van der Waals surface area contributed by atoms with E-state index in [0.717, 1.165) is 6.04 Å². The molecule has 0 saturated heterocycles. The lowest BCUT2D eigenvalue weighted by molar-refractivity contribution is 0.445. The van der Waals surface area contributed by atoms with Crippen LogP contribution in [0, 0.1) is 0 Å². The Morgan fingerprint density at radius 1 is 1.27 bits per heavy atom. The smallest absolute Gasteiger partial charge is 0.0480 e. The first-order valence-electron chi connectivity index (χ1n) is 5.78. The maximum Gasteiger partial charge on any atom is 0.0480 e. The molecular weight excluding hydrogens is 202 g/mol. The van der Waals surface area contributed by atoms with E-state index in [-0.39, 0.29) is 0 Å². The number of thioether (sulfide) groups is 1. The molecule has 0 aliphatic heterocycles. The molecule has 0 radical (unpaired) electrons. The third-order valence-electron chi connectivity index (χ3n) is 2.71. The molecule has 0 amide bonds. The zero-order chi connectivity index (χ0) is 10.7. The molecule has 0 unspecified atom stereocenters. The Kier molecular flexibility index (Phi) is 3.57. The molecule has 0 bridgehead atoms. The van der Waals surface area contributed by atoms with Crippen LogP contribution >= 0.6 is 11.8 Å². The lowest BCUT2D eigenvalue weighted by atomic mass is 9.93. The molecule has 2 rings (SSSR count). The summed E-state index contributed by atoms with van der Waals surface area (Å²) in [5.41, 5.74) is 1.32. The van der Waals surface area contributed by atoms with Gasteiger partial charge in [-0.05, 0) is 31.4 Å². The zero-order valence-corrected chi connectivity index (χ0v) is 10.3. The van der Waals surface area contributed by atoms with Crippen molar-refractivity contribution in [3.63, 3.8) is 0 Å². The second-order valence-electron chi connectivity index (χ2n) is 4.43. The lowest BCUT2D eigenvalue weighted by Crippen LogP contribution is -2.27. The van der Waals surface area contributed by atoms with E-state index >= 15 is 0 Å². The fourth-order valence-electron chi connectivity index (χ4n) is 1.72. The van der Waals surface area contributed by atoms with Gasteiger partial charge in [-0.15, -0.1) is 11.8 Å². The molecule has 0 atom stereocenters. The zero-order valence-electron chi connectivity index (χ0n) is 9.49. The van der Waals surface area contributed by atoms with Gasteiger partial charge in [0.1, 0.15) is 0 Å². The largest absolute Gasteiger partial charge is 0.381 e. The van der Waals surface area contributed by atoms with Crippen LogP contribution in [0.2, 0.25) is 0 Å². The fraction of sp³-hybridized carbons (Fsp3) is 0.538. The van der Waals surface area contributed by atoms with Crippen molar-refractivity contribution in [1.29, 1.82) is 0 Å². The van der Waals surface area contributed by atoms with E-state index in [4.69, 9.17) is 0 Å². The Morgan fingerprint density at radius 3 is 2.60 bits per heavy atom. The van der Waals surface area contributed by atoms with E-state index in [1.165, 1.54) is 29.8 Å². The maximum atomic E-state index is 3.63. The Morgan fingerprint density at radius 2 is 2.00 bits per heavy atom. The summed E-state index contributed by atoms with van der Waals surface area (Å²) >= 11 is 1.94. The van der Waals surface area contributed by atoms with Gasteiger partial charge in [0, 0.05) is 21.9 Å². The van der Waals surface area contributed by atoms with Crippen molar-refractivity contribution in [2.75, 3.05) is 5.32 Å². The Hall–Kier alpha value is -0.630. The van der Waals surface area contributed by atoms with Crippen molar-refractivity contribution >= 4 is 17.4 Å². The Labute approximate surface area is 96.7 Å². The van der Waals surface area contributed by atoms with Crippen LogP contribution in [0.5, 0.6) is 0 Å². The first kappa shape index (κ1) is 10.9. The van der Waals surface area contributed by atoms with Gasteiger partial charge in [-0.2, -0.15) is 0 Å². The predicted molar refractivity (Wildman–Crippen MR) is 68.7 cm³/mol. The summed E-state index contributed by atoms with van der Waals surface area (Å²) in [4.78, 5) is 1.39. The van der Waals surface area contributed by atoms with E-state index in [2.05, 4.69) is 43.4 Å². The van der Waals surface area contributed by atoms with Gasteiger partial charge in [0.25, 0.3) is 0 Å². The van der Waals surface area contributed by atoms with Crippen molar-refractivity contribution in [1.82, 2.24) is 0 Å². The van der Waals surface area contributed by atoms with Crippen LogP contribution in [0.3, 0.4) is 0 Å². The van der Waals surface area contributed by atoms with Crippen LogP contribution in [-0.4, -0.2) is 11.3 Å². The van der Waals surface area contributed by atoms with Crippen LogP contribution in [0.15, 0.2) is 29.2 Å². The van der Waals surface area contributed by atoms with E-state index < -0.39 is 0 Å². The quantitative estimate of drug-likeness (QED) is 0.766. The predicted octanol–water partition coefficient (Wildman–Crippen LogP) is 4.15. The lowest BCUT2D eigenvalue weighted by Gasteiger charge is -2.28. The highest BCUT2D eigenvalue weighted by molar-refractivity contribution is 8.00. The molecule has 0 heterocycles. The van der Waals surface area contributed by atoms with Crippen LogP contribution in [-0.2, 0) is 0 Å². The molecule has 1 aromatic carbocycles. The summed E-state index contributed by atoms with van der Waals surface area (Å²) in [5, 5.41) is 4.28. The minimum Gasteiger partial charge on any atom is -0.381 e. The average molecular weight is 221 g/mol. The van der Waals surface area contributed by atoms with E-state index in [1.807, 2.05) is 11.8 Å². The van der Waals surface area contributed by atoms with Crippen LogP contribution in [0.1, 0.15) is 33.1 Å². The monoisotopic (exact) mass is 221 g/mol. The van der Waals surface area contributed by atoms with Crippen molar-refractivity contribution in [2.24, 2.45) is 0 Å². The van der Waals surface area contributed by atoms with E-state index in [1.54, 1.807) is 0 Å². The van der Waals surface area contributed by atoms with Gasteiger partial charge in [0.05, 0.1) is 0 Å². The van der Waals surface area contributed by atoms with Crippen molar-refractivity contribution in [2.45, 2.75) is 49.3 Å². The number of hydrogen-bond donors (Lipinski definition) is 1. The van der Waals surface area contributed by atoms with Crippen molar-refractivity contribution < 1.29 is 0 Å². The molecule has 1 fully saturated rings. The van der Waals surface area contributed by atoms with Gasteiger partial charge < -0.3 is 5.32 Å². The van der Waals surface area contributed by atoms with Gasteiger partial charge in [0.15, 0.2) is 0 Å². The van der Waals surface area contributed by atoms with Crippen molar-refractivity contribution in [3.8, 4) is 0 Å². The number of para-hydroxylation sites is 1. The number of nitrogens with one attached hydrogen (secondary N) is 1. The maximum absolute atomic E-state index is 3.63. The highest BCUT2D eigenvalue weighted by Crippen LogP contribution is 2.32. The molecule has 82 valence electrons. The number of anilines is 1. The molecule has 1 N–H and O–H groups in total. The summed E-state index contributed by atoms with van der Waals surface area (Å²) in [6.07, 6.45) is 4.05. The number of hydrogen-bond acceptors (Lipinski definition) is 2. The second-order valence-corrected chi connectivity index (χ2v) is 6.05. The molecule has 1 aliphatic rings. The molecule has 1 aliphatic carbocycles. The third-order valence-corrected chi connectivity index (χ3v) is 3.80. The highest BCUT2D eigenvalue weighted by atomic mass is 32.2. The SMILES string of the molecule is CC(C)Sc1ccccc1NC1CCC1. The fourth-order valence-corrected chi connectivity index (χ4v) is 2.63. The van der Waals surface area contributed by atoms with Crippen LogP contribution in [0.4, 0.5) is 5.69 Å². The molecule has 0 aromatic heterocycles. The van der Waals surface area contributed by atoms with Gasteiger partial charge in [0.2, 0.25) is 0 Å². The standard InChI is InChI=1S/C13H19NS/c1-10(2)15-13-9-4-3-8-12(13)14-11-6-5-7-11/h3-4,8-11,14H,5-7H2,1-2H3. The third kappa shape index (κ3) is 2.91. The summed E-state index contributed by atoms with van der Waals surface area (Å²) in [5.74, 6) is 0. The summed E-state index contributed by atoms with van der Waals surface area (Å²) in [6, 6.07) is 9.37. The van der Waals surface area contributed by atoms with E-state index in [0.29, 0.717) is 5.25 Å². The van der Waals surface area contributed by atoms with Gasteiger partial charge in [-0.3, -0.25) is 0 Å². The van der Waals surface area contributed by atoms with E-state index in [9.17, 15) is 0 Å². The average Bonchev–Trinajstić information content (AvgIpc) is 2.13. The molecule has 1 nitrogen and oxygen atoms in total. The number of rotatable bonds is 4. The van der Waals surface area contributed by atoms with Crippen LogP contribution in [0.25, 0.3) is 0 Å². The normalized spacial score (nSPS) is 16.5. The topological polar surface area (TPSA) is 12.0 Å². The van der Waals surface area contributed by atoms with Gasteiger partial charge >= 0.3 is 0 Å². The van der Waals surface area contributed by atoms with Crippen molar-refractivity contribution in [3.05, 3.63) is 24.3 Å². The van der Waals surface area contributed by atoms with Gasteiger partial charge in [-0.1, -0.05) is 26.0 Å². The second kappa shape index (κ2) is 4.93. The number of benzene rings is 1. The molecule has 1 saturated carbocycles. The minimum atomic E-state index is 0.648. The summed E-state index contributed by atoms with van der Waals surface area (Å²) in [7, 11) is 0. The Bertz CT molecular complexity index is 318.